The summed E-state index contributed by atoms with van der Waals surface area (Å²) in [6.07, 6.45) is 128. The molecule has 0 rings (SSSR count). The largest absolute Gasteiger partial charge is 0.472 e. The van der Waals surface area contributed by atoms with Crippen LogP contribution in [-0.4, -0.2) is 95.9 Å². The molecule has 123 heavy (non-hydrogen) atoms. The molecule has 0 aromatic carbocycles. The number of hydrogen-bond donors (Lipinski definition) is 4. The number of aliphatic hydroxyl groups is 2. The molecule has 0 spiro atoms. The molecule has 0 aliphatic carbocycles. The quantitative estimate of drug-likeness (QED) is 0.0146. The minimum absolute atomic E-state index is 0.0964. The van der Waals surface area contributed by atoms with Gasteiger partial charge in [-0.2, -0.15) is 0 Å². The number of phosphoric ester groups is 2. The molecule has 5 unspecified atom stereocenters. The zero-order valence-electron chi connectivity index (χ0n) is 77.5. The van der Waals surface area contributed by atoms with Crippen LogP contribution in [0.15, 0.2) is 194 Å². The number of carbonyl (C=O) groups excluding carboxylic acids is 3. The maximum Gasteiger partial charge on any atom is 0.472 e. The highest BCUT2D eigenvalue weighted by molar-refractivity contribution is 7.47. The van der Waals surface area contributed by atoms with Crippen molar-refractivity contribution in [3.63, 3.8) is 0 Å². The standard InChI is InChI=1S/C105H176O16P2/c1-4-7-10-13-16-19-22-25-28-31-34-37-40-43-46-49-52-55-58-61-64-67-70-73-76-79-82-85-88-91-103(108)115-94-100(106)95-117-122(111,112)118-96-101(107)97-119-123(113,114)120-99-102(121-105(110)93-90-87-84-81-78-75-72-69-66-63-60-57-54-51-48-45-42-39-36-33-30-27-24-21-18-15-12-9-6-3)98-116-104(109)92-89-86-83-80-77-74-71-68-65-62-59-56-53-50-47-44-41-38-35-32-29-26-23-20-17-14-11-8-5-2/h7-8,10-11,16-21,25-30,34-39,43-48,52-53,55-56,100-102,106-107H,4-6,9,12-15,22-24,31-33,40-42,49-51,54,57-99H2,1-3H3,(H,111,112)(H,113,114)/b10-7-,11-8-,19-16-,20-17-,21-18-,28-25-,29-26-,30-27-,37-34-,38-35-,39-36-,46-43-,47-44-,48-45-,55-52-,56-53-. The van der Waals surface area contributed by atoms with Crippen LogP contribution in [0.5, 0.6) is 0 Å². The predicted molar refractivity (Wildman–Crippen MR) is 518 cm³/mol. The van der Waals surface area contributed by atoms with Crippen molar-refractivity contribution in [2.75, 3.05) is 39.6 Å². The van der Waals surface area contributed by atoms with Gasteiger partial charge >= 0.3 is 33.6 Å². The first-order valence-electron chi connectivity index (χ1n) is 48.7. The van der Waals surface area contributed by atoms with Crippen molar-refractivity contribution in [2.45, 2.75) is 411 Å². The molecule has 0 fully saturated rings. The van der Waals surface area contributed by atoms with Crippen LogP contribution in [0.3, 0.4) is 0 Å². The van der Waals surface area contributed by atoms with Gasteiger partial charge in [0.2, 0.25) is 0 Å². The summed E-state index contributed by atoms with van der Waals surface area (Å²) in [6, 6.07) is 0. The van der Waals surface area contributed by atoms with Crippen LogP contribution in [0, 0.1) is 0 Å². The molecule has 0 aromatic rings. The maximum atomic E-state index is 13.1. The summed E-state index contributed by atoms with van der Waals surface area (Å²) in [6.45, 7) is 2.46. The van der Waals surface area contributed by atoms with Crippen LogP contribution in [-0.2, 0) is 55.8 Å². The molecule has 0 bridgehead atoms. The Labute approximate surface area is 750 Å². The summed E-state index contributed by atoms with van der Waals surface area (Å²) >= 11 is 0. The number of rotatable bonds is 91. The van der Waals surface area contributed by atoms with Gasteiger partial charge in [0, 0.05) is 19.3 Å². The Hall–Kier alpha value is -5.61. The molecule has 4 N–H and O–H groups in total. The van der Waals surface area contributed by atoms with Gasteiger partial charge < -0.3 is 34.2 Å². The Bertz CT molecular complexity index is 3020. The smallest absolute Gasteiger partial charge is 0.463 e. The molecule has 0 aliphatic rings. The summed E-state index contributed by atoms with van der Waals surface area (Å²) in [7, 11) is -9.82. The lowest BCUT2D eigenvalue weighted by Gasteiger charge is -2.21. The average molecular weight is 1760 g/mol. The molecule has 0 saturated heterocycles. The Morgan fingerprint density at radius 3 is 0.683 bits per heavy atom. The second-order valence-corrected chi connectivity index (χ2v) is 35.0. The molecule has 16 nitrogen and oxygen atoms in total. The number of unbranched alkanes of at least 4 members (excludes halogenated alkanes) is 36. The van der Waals surface area contributed by atoms with E-state index in [4.69, 9.17) is 32.3 Å². The summed E-state index contributed by atoms with van der Waals surface area (Å²) in [4.78, 5) is 59.2. The van der Waals surface area contributed by atoms with E-state index >= 15 is 0 Å². The van der Waals surface area contributed by atoms with E-state index in [1.807, 2.05) is 0 Å². The molecule has 5 atom stereocenters. The summed E-state index contributed by atoms with van der Waals surface area (Å²) < 4.78 is 61.6. The van der Waals surface area contributed by atoms with Crippen molar-refractivity contribution < 1.29 is 75.8 Å². The van der Waals surface area contributed by atoms with E-state index in [0.29, 0.717) is 19.3 Å². The Morgan fingerprint density at radius 1 is 0.236 bits per heavy atom. The third-order valence-electron chi connectivity index (χ3n) is 20.3. The van der Waals surface area contributed by atoms with Crippen LogP contribution >= 0.6 is 15.6 Å². The van der Waals surface area contributed by atoms with Gasteiger partial charge in [0.05, 0.1) is 26.4 Å². The van der Waals surface area contributed by atoms with Crippen LogP contribution in [0.25, 0.3) is 0 Å². The van der Waals surface area contributed by atoms with Crippen LogP contribution < -0.4 is 0 Å². The highest BCUT2D eigenvalue weighted by Gasteiger charge is 2.30. The molecule has 0 aliphatic heterocycles. The van der Waals surface area contributed by atoms with Crippen molar-refractivity contribution in [3.05, 3.63) is 194 Å². The van der Waals surface area contributed by atoms with Crippen LogP contribution in [0.2, 0.25) is 0 Å². The highest BCUT2D eigenvalue weighted by atomic mass is 31.2. The van der Waals surface area contributed by atoms with E-state index in [1.165, 1.54) is 141 Å². The molecule has 0 aromatic heterocycles. The van der Waals surface area contributed by atoms with Crippen molar-refractivity contribution in [1.29, 1.82) is 0 Å². The molecule has 702 valence electrons. The zero-order valence-corrected chi connectivity index (χ0v) is 79.3. The van der Waals surface area contributed by atoms with Gasteiger partial charge in [-0.25, -0.2) is 9.13 Å². The first kappa shape index (κ1) is 117. The van der Waals surface area contributed by atoms with Gasteiger partial charge in [0.15, 0.2) is 6.10 Å². The van der Waals surface area contributed by atoms with Crippen LogP contribution in [0.1, 0.15) is 393 Å². The molecule has 0 saturated carbocycles. The fourth-order valence-electron chi connectivity index (χ4n) is 13.0. The first-order chi connectivity index (χ1) is 60.2. The van der Waals surface area contributed by atoms with E-state index in [1.54, 1.807) is 0 Å². The number of carbonyl (C=O) groups is 3. The fraction of sp³-hybridized carbons (Fsp3) is 0.667. The maximum absolute atomic E-state index is 13.1. The lowest BCUT2D eigenvalue weighted by Crippen LogP contribution is -2.30. The number of allylic oxidation sites excluding steroid dienone is 32. The average Bonchev–Trinajstić information content (AvgIpc) is 0.896. The summed E-state index contributed by atoms with van der Waals surface area (Å²) in [5.41, 5.74) is 0. The van der Waals surface area contributed by atoms with Gasteiger partial charge in [0.25, 0.3) is 0 Å². The van der Waals surface area contributed by atoms with Gasteiger partial charge in [-0.3, -0.25) is 32.5 Å². The van der Waals surface area contributed by atoms with Gasteiger partial charge in [-0.05, 0) is 167 Å². The zero-order chi connectivity index (χ0) is 89.3. The van der Waals surface area contributed by atoms with Crippen molar-refractivity contribution in [2.24, 2.45) is 0 Å². The second kappa shape index (κ2) is 95.5. The Kier molecular flexibility index (Phi) is 91.1. The number of aliphatic hydroxyl groups excluding tert-OH is 2. The molecule has 0 amide bonds. The number of ether oxygens (including phenoxy) is 3. The van der Waals surface area contributed by atoms with Crippen molar-refractivity contribution >= 4 is 33.6 Å². The van der Waals surface area contributed by atoms with Gasteiger partial charge in [0.1, 0.15) is 25.4 Å². The molecule has 0 radical (unpaired) electrons. The Balaban J connectivity index is 4.69. The predicted octanol–water partition coefficient (Wildman–Crippen LogP) is 30.6. The monoisotopic (exact) mass is 1760 g/mol. The fourth-order valence-corrected chi connectivity index (χ4v) is 14.6. The molecule has 0 heterocycles. The van der Waals surface area contributed by atoms with E-state index in [2.05, 4.69) is 215 Å². The van der Waals surface area contributed by atoms with E-state index < -0.39 is 91.5 Å². The van der Waals surface area contributed by atoms with E-state index in [0.717, 1.165) is 193 Å². The van der Waals surface area contributed by atoms with Crippen molar-refractivity contribution in [1.82, 2.24) is 0 Å². The number of hydrogen-bond acceptors (Lipinski definition) is 14. The number of phosphoric acid groups is 2. The first-order valence-corrected chi connectivity index (χ1v) is 51.7. The third kappa shape index (κ3) is 96.9. The number of esters is 3. The summed E-state index contributed by atoms with van der Waals surface area (Å²) in [5, 5.41) is 20.8. The topological polar surface area (TPSA) is 231 Å². The molecular weight excluding hydrogens is 1580 g/mol. The van der Waals surface area contributed by atoms with E-state index in [-0.39, 0.29) is 19.3 Å². The third-order valence-corrected chi connectivity index (χ3v) is 22.2. The Morgan fingerprint density at radius 2 is 0.431 bits per heavy atom. The molecule has 18 heteroatoms. The lowest BCUT2D eigenvalue weighted by atomic mass is 10.0. The lowest BCUT2D eigenvalue weighted by molar-refractivity contribution is -0.161. The van der Waals surface area contributed by atoms with E-state index in [9.17, 15) is 43.5 Å². The normalized spacial score (nSPS) is 14.6. The summed E-state index contributed by atoms with van der Waals surface area (Å²) in [5.74, 6) is -1.58. The second-order valence-electron chi connectivity index (χ2n) is 32.1. The van der Waals surface area contributed by atoms with Gasteiger partial charge in [-0.1, -0.05) is 401 Å². The molecular formula is C105H176O16P2. The SMILES string of the molecule is CC/C=C\C/C=C\C/C=C\C/C=C\C/C=C\C/C=C\CCCCCCCCCCCCC(=O)OCC(O)COP(=O)(O)OCC(O)COP(=O)(O)OCC(COC(=O)CCCCCCCCCCCC/C=C\C/C=C\C/C=C\C/C=C\C/C=C\C/C=C\CC)OC(=O)CCCCCCCCCCCCCCC/C=C\C/C=C\C/C=C\C/C=C\CCCCC. The van der Waals surface area contributed by atoms with Crippen LogP contribution in [0.4, 0.5) is 0 Å². The highest BCUT2D eigenvalue weighted by Crippen LogP contribution is 2.45. The van der Waals surface area contributed by atoms with Gasteiger partial charge in [-0.15, -0.1) is 0 Å². The minimum Gasteiger partial charge on any atom is -0.463 e. The van der Waals surface area contributed by atoms with Crippen molar-refractivity contribution in [3.8, 4) is 0 Å². The minimum atomic E-state index is -4.95.